The lowest BCUT2D eigenvalue weighted by atomic mass is 9.99. The Labute approximate surface area is 262 Å². The highest BCUT2D eigenvalue weighted by molar-refractivity contribution is 6.00. The summed E-state index contributed by atoms with van der Waals surface area (Å²) in [6.45, 7) is 7.22. The van der Waals surface area contributed by atoms with Crippen LogP contribution in [-0.4, -0.2) is 50.7 Å². The van der Waals surface area contributed by atoms with Crippen LogP contribution < -0.4 is 10.6 Å². The molecule has 0 aliphatic heterocycles. The van der Waals surface area contributed by atoms with Crippen molar-refractivity contribution in [1.29, 1.82) is 0 Å². The number of amides is 3. The molecule has 4 N–H and O–H groups in total. The number of hydrogen-bond acceptors (Lipinski definition) is 6. The van der Waals surface area contributed by atoms with Crippen LogP contribution in [0.1, 0.15) is 51.3 Å². The minimum Gasteiger partial charge on any atom is -0.508 e. The van der Waals surface area contributed by atoms with E-state index in [9.17, 15) is 24.6 Å². The fourth-order valence-electron chi connectivity index (χ4n) is 5.44. The molecule has 1 saturated carbocycles. The van der Waals surface area contributed by atoms with Gasteiger partial charge >= 0.3 is 6.09 Å². The number of nitrogens with one attached hydrogen (secondary N) is 2. The number of nitrogens with zero attached hydrogens (tertiary/aromatic N) is 1. The maximum absolute atomic E-state index is 14.6. The molecule has 0 radical (unpaired) electrons. The highest BCUT2D eigenvalue weighted by Gasteiger charge is 2.48. The second kappa shape index (κ2) is 12.9. The minimum atomic E-state index is -1.08. The Morgan fingerprint density at radius 3 is 2.09 bits per heavy atom. The molecule has 9 heteroatoms. The van der Waals surface area contributed by atoms with Crippen LogP contribution in [0.2, 0.25) is 0 Å². The molecule has 4 unspecified atom stereocenters. The number of ether oxygens (including phenoxy) is 1. The molecular formula is C36H39N3O6. The molecule has 9 nitrogen and oxygen atoms in total. The monoisotopic (exact) mass is 609 g/mol. The lowest BCUT2D eigenvalue weighted by Crippen LogP contribution is -2.54. The number of phenolic OH excluding ortho intramolecular Hbond substituents is 2. The molecule has 3 amide bonds. The molecule has 5 rings (SSSR count). The minimum absolute atomic E-state index is 0.0295. The van der Waals surface area contributed by atoms with Crippen LogP contribution in [0.5, 0.6) is 11.5 Å². The molecule has 4 aromatic rings. The maximum Gasteiger partial charge on any atom is 0.408 e. The normalized spacial score (nSPS) is 17.2. The predicted octanol–water partition coefficient (Wildman–Crippen LogP) is 6.30. The molecule has 0 aromatic heterocycles. The van der Waals surface area contributed by atoms with Gasteiger partial charge in [0.25, 0.3) is 5.91 Å². The fourth-order valence-corrected chi connectivity index (χ4v) is 5.44. The predicted molar refractivity (Wildman–Crippen MR) is 173 cm³/mol. The summed E-state index contributed by atoms with van der Waals surface area (Å²) >= 11 is 0. The van der Waals surface area contributed by atoms with Crippen LogP contribution in [0.4, 0.5) is 10.5 Å². The summed E-state index contributed by atoms with van der Waals surface area (Å²) in [5.41, 5.74) is 0.994. The van der Waals surface area contributed by atoms with E-state index in [4.69, 9.17) is 4.74 Å². The summed E-state index contributed by atoms with van der Waals surface area (Å²) < 4.78 is 5.50. The van der Waals surface area contributed by atoms with E-state index < -0.39 is 35.6 Å². The first-order valence-electron chi connectivity index (χ1n) is 15.1. The van der Waals surface area contributed by atoms with Gasteiger partial charge in [0.15, 0.2) is 0 Å². The van der Waals surface area contributed by atoms with Crippen LogP contribution in [0.3, 0.4) is 0 Å². The largest absolute Gasteiger partial charge is 0.508 e. The van der Waals surface area contributed by atoms with Crippen molar-refractivity contribution in [3.8, 4) is 11.5 Å². The first-order valence-corrected chi connectivity index (χ1v) is 15.1. The van der Waals surface area contributed by atoms with E-state index in [1.165, 1.54) is 24.3 Å². The lowest BCUT2D eigenvalue weighted by Gasteiger charge is -2.35. The molecule has 4 atom stereocenters. The van der Waals surface area contributed by atoms with Crippen LogP contribution in [0, 0.1) is 5.92 Å². The van der Waals surface area contributed by atoms with Crippen molar-refractivity contribution in [2.24, 2.45) is 5.92 Å². The average molecular weight is 610 g/mol. The van der Waals surface area contributed by atoms with Crippen LogP contribution >= 0.6 is 0 Å². The zero-order chi connectivity index (χ0) is 32.3. The smallest absolute Gasteiger partial charge is 0.408 e. The zero-order valence-electron chi connectivity index (χ0n) is 25.9. The summed E-state index contributed by atoms with van der Waals surface area (Å²) in [5.74, 6) is -0.646. The molecule has 0 heterocycles. The highest BCUT2D eigenvalue weighted by Crippen LogP contribution is 2.41. The highest BCUT2D eigenvalue weighted by atomic mass is 16.6. The number of carbonyl (C=O) groups is 3. The summed E-state index contributed by atoms with van der Waals surface area (Å²) in [6, 6.07) is 23.6. The Morgan fingerprint density at radius 2 is 1.49 bits per heavy atom. The second-order valence-electron chi connectivity index (χ2n) is 12.6. The average Bonchev–Trinajstić information content (AvgIpc) is 3.71. The zero-order valence-corrected chi connectivity index (χ0v) is 25.9. The number of anilines is 1. The third-order valence-electron chi connectivity index (χ3n) is 7.80. The Balaban J connectivity index is 1.53. The summed E-state index contributed by atoms with van der Waals surface area (Å²) in [6.07, 6.45) is 0.0252. The van der Waals surface area contributed by atoms with Crippen LogP contribution in [-0.2, 0) is 20.7 Å². The molecule has 1 fully saturated rings. The summed E-state index contributed by atoms with van der Waals surface area (Å²) in [7, 11) is 0. The quantitative estimate of drug-likeness (QED) is 0.176. The molecule has 4 aromatic carbocycles. The van der Waals surface area contributed by atoms with E-state index in [2.05, 4.69) is 10.6 Å². The van der Waals surface area contributed by atoms with Crippen molar-refractivity contribution >= 4 is 34.4 Å². The maximum atomic E-state index is 14.6. The number of benzene rings is 4. The third kappa shape index (κ3) is 7.92. The van der Waals surface area contributed by atoms with Gasteiger partial charge in [0.05, 0.1) is 0 Å². The number of hydrogen-bond donors (Lipinski definition) is 4. The van der Waals surface area contributed by atoms with Crippen molar-refractivity contribution in [3.63, 3.8) is 0 Å². The van der Waals surface area contributed by atoms with Gasteiger partial charge in [0.2, 0.25) is 5.91 Å². The fraction of sp³-hybridized carbons (Fsp3) is 0.306. The molecule has 45 heavy (non-hydrogen) atoms. The molecule has 0 spiro atoms. The topological polar surface area (TPSA) is 128 Å². The van der Waals surface area contributed by atoms with Gasteiger partial charge in [-0.3, -0.25) is 9.59 Å². The first kappa shape index (κ1) is 31.4. The standard InChI is InChI=1S/C36H39N3O6/c1-22-19-31(22)39(34(43)30(38-35(44)45-36(2,3)4)20-23-9-15-28(40)16-10-23)32(25-12-17-29(41)18-13-25)33(42)37-27-14-11-24-7-5-6-8-26(24)21-27/h5-18,21-22,30-32,40-41H,19-20H2,1-4H3,(H,37,42)(H,38,44). The number of aromatic hydroxyl groups is 2. The van der Waals surface area contributed by atoms with E-state index in [0.717, 1.165) is 10.8 Å². The van der Waals surface area contributed by atoms with Gasteiger partial charge in [-0.1, -0.05) is 61.5 Å². The first-order chi connectivity index (χ1) is 21.4. The van der Waals surface area contributed by atoms with Gasteiger partial charge in [-0.25, -0.2) is 4.79 Å². The second-order valence-corrected chi connectivity index (χ2v) is 12.6. The Morgan fingerprint density at radius 1 is 0.889 bits per heavy atom. The van der Waals surface area contributed by atoms with E-state index in [1.807, 2.05) is 49.4 Å². The van der Waals surface area contributed by atoms with Gasteiger partial charge in [-0.2, -0.15) is 0 Å². The van der Waals surface area contributed by atoms with Gasteiger partial charge < -0.3 is 30.5 Å². The van der Waals surface area contributed by atoms with Crippen LogP contribution in [0.25, 0.3) is 10.8 Å². The Hall–Kier alpha value is -5.05. The summed E-state index contributed by atoms with van der Waals surface area (Å²) in [5, 5.41) is 27.6. The number of phenols is 2. The van der Waals surface area contributed by atoms with Crippen molar-refractivity contribution in [2.45, 2.75) is 64.3 Å². The Kier molecular flexibility index (Phi) is 8.99. The molecular weight excluding hydrogens is 570 g/mol. The molecule has 1 aliphatic carbocycles. The van der Waals surface area contributed by atoms with Crippen molar-refractivity contribution in [3.05, 3.63) is 102 Å². The van der Waals surface area contributed by atoms with Gasteiger partial charge in [-0.05, 0) is 91.4 Å². The SMILES string of the molecule is CC1CC1N(C(=O)C(Cc1ccc(O)cc1)NC(=O)OC(C)(C)C)C(C(=O)Nc1ccc2ccccc2c1)c1ccc(O)cc1. The number of alkyl carbamates (subject to hydrolysis) is 1. The lowest BCUT2D eigenvalue weighted by molar-refractivity contribution is -0.141. The third-order valence-corrected chi connectivity index (χ3v) is 7.80. The molecule has 1 aliphatic rings. The van der Waals surface area contributed by atoms with Crippen molar-refractivity contribution in [2.75, 3.05) is 5.32 Å². The van der Waals surface area contributed by atoms with E-state index >= 15 is 0 Å². The Bertz CT molecular complexity index is 1680. The van der Waals surface area contributed by atoms with Crippen LogP contribution in [0.15, 0.2) is 91.0 Å². The summed E-state index contributed by atoms with van der Waals surface area (Å²) in [4.78, 5) is 43.4. The number of fused-ring (bicyclic) bond motifs is 1. The molecule has 0 bridgehead atoms. The molecule has 234 valence electrons. The van der Waals surface area contributed by atoms with Gasteiger partial charge in [0.1, 0.15) is 29.2 Å². The number of rotatable bonds is 9. The van der Waals surface area contributed by atoms with Gasteiger partial charge in [-0.15, -0.1) is 0 Å². The molecule has 0 saturated heterocycles. The van der Waals surface area contributed by atoms with Crippen molar-refractivity contribution < 1.29 is 29.3 Å². The number of carbonyl (C=O) groups excluding carboxylic acids is 3. The van der Waals surface area contributed by atoms with E-state index in [-0.39, 0.29) is 29.9 Å². The van der Waals surface area contributed by atoms with Crippen molar-refractivity contribution in [1.82, 2.24) is 10.2 Å². The van der Waals surface area contributed by atoms with E-state index in [1.54, 1.807) is 49.9 Å². The van der Waals surface area contributed by atoms with E-state index in [0.29, 0.717) is 23.2 Å². The van der Waals surface area contributed by atoms with Gasteiger partial charge in [0, 0.05) is 18.2 Å².